The van der Waals surface area contributed by atoms with E-state index in [0.29, 0.717) is 0 Å². The Balaban J connectivity index is 1.04. The summed E-state index contributed by atoms with van der Waals surface area (Å²) in [6, 6.07) is 68.2. The average molecular weight is 716 g/mol. The summed E-state index contributed by atoms with van der Waals surface area (Å²) in [6.45, 7) is 0. The maximum Gasteiger partial charge on any atom is 0.136 e. The van der Waals surface area contributed by atoms with Gasteiger partial charge in [0, 0.05) is 27.8 Å². The molecule has 1 aliphatic carbocycles. The number of allylic oxidation sites excluding steroid dienone is 1. The van der Waals surface area contributed by atoms with Crippen LogP contribution in [0.25, 0.3) is 82.9 Å². The van der Waals surface area contributed by atoms with Crippen molar-refractivity contribution in [2.24, 2.45) is 0 Å². The minimum Gasteiger partial charge on any atom is -0.456 e. The number of anilines is 3. The van der Waals surface area contributed by atoms with Gasteiger partial charge in [-0.25, -0.2) is 0 Å². The van der Waals surface area contributed by atoms with Gasteiger partial charge in [-0.3, -0.25) is 0 Å². The normalized spacial score (nSPS) is 12.4. The van der Waals surface area contributed by atoms with Crippen LogP contribution in [0.1, 0.15) is 17.5 Å². The van der Waals surface area contributed by atoms with Crippen molar-refractivity contribution in [2.75, 3.05) is 4.90 Å². The van der Waals surface area contributed by atoms with Crippen LogP contribution in [-0.4, -0.2) is 0 Å². The summed E-state index contributed by atoms with van der Waals surface area (Å²) in [7, 11) is 0. The van der Waals surface area contributed by atoms with Gasteiger partial charge in [0.2, 0.25) is 0 Å². The Labute approximate surface area is 326 Å². The molecule has 2 heteroatoms. The lowest BCUT2D eigenvalue weighted by Crippen LogP contribution is -2.10. The first-order valence-electron chi connectivity index (χ1n) is 19.5. The summed E-state index contributed by atoms with van der Waals surface area (Å²) in [4.78, 5) is 2.37. The standard InChI is InChI=1S/C54H37NO/c1-3-13-36(14-4-1)51-35-43(29-31-45(51)39-25-30-46-40(33-39)26-32-53-54(46)49-21-11-12-22-52(49)56-53)55(41-16-5-2-6-17-41)42-27-23-37(24-28-42)50-34-38-15-7-8-18-44(38)47-19-9-10-20-48(47)50/h1-9,11-19,21-35H,10,20H2. The van der Waals surface area contributed by atoms with Crippen LogP contribution in [0, 0.1) is 0 Å². The average Bonchev–Trinajstić information content (AvgIpc) is 3.66. The number of nitrogens with zero attached hydrogens (tertiary/aromatic N) is 1. The molecule has 1 heterocycles. The Morgan fingerprint density at radius 1 is 0.411 bits per heavy atom. The molecule has 9 aromatic carbocycles. The molecule has 0 fully saturated rings. The highest BCUT2D eigenvalue weighted by Crippen LogP contribution is 2.43. The van der Waals surface area contributed by atoms with Crippen molar-refractivity contribution < 1.29 is 4.42 Å². The van der Waals surface area contributed by atoms with Gasteiger partial charge >= 0.3 is 0 Å². The van der Waals surface area contributed by atoms with Gasteiger partial charge in [-0.2, -0.15) is 0 Å². The quantitative estimate of drug-likeness (QED) is 0.170. The zero-order chi connectivity index (χ0) is 37.0. The van der Waals surface area contributed by atoms with E-state index in [2.05, 4.69) is 193 Å². The van der Waals surface area contributed by atoms with E-state index < -0.39 is 0 Å². The second-order valence-corrected chi connectivity index (χ2v) is 14.8. The number of benzene rings is 9. The molecule has 1 aromatic heterocycles. The molecule has 0 saturated carbocycles. The second kappa shape index (κ2) is 13.3. The van der Waals surface area contributed by atoms with E-state index >= 15 is 0 Å². The first-order chi connectivity index (χ1) is 27.8. The first kappa shape index (κ1) is 32.3. The number of hydrogen-bond acceptors (Lipinski definition) is 2. The lowest BCUT2D eigenvalue weighted by atomic mass is 9.85. The molecule has 0 amide bonds. The van der Waals surface area contributed by atoms with Gasteiger partial charge in [-0.05, 0) is 140 Å². The Hall–Kier alpha value is -7.16. The van der Waals surface area contributed by atoms with E-state index in [1.165, 1.54) is 71.4 Å². The van der Waals surface area contributed by atoms with Crippen molar-refractivity contribution in [3.63, 3.8) is 0 Å². The molecule has 0 spiro atoms. The van der Waals surface area contributed by atoms with Gasteiger partial charge < -0.3 is 9.32 Å². The van der Waals surface area contributed by atoms with E-state index in [9.17, 15) is 0 Å². The molecule has 1 aliphatic rings. The van der Waals surface area contributed by atoms with Crippen LogP contribution in [0.2, 0.25) is 0 Å². The number of fused-ring (bicyclic) bond motifs is 8. The monoisotopic (exact) mass is 715 g/mol. The predicted molar refractivity (Wildman–Crippen MR) is 237 cm³/mol. The van der Waals surface area contributed by atoms with Crippen molar-refractivity contribution in [3.05, 3.63) is 205 Å². The molecule has 0 saturated heterocycles. The van der Waals surface area contributed by atoms with Crippen LogP contribution in [0.3, 0.4) is 0 Å². The summed E-state index contributed by atoms with van der Waals surface area (Å²) in [5.74, 6) is 0. The molecule has 2 nitrogen and oxygen atoms in total. The Bertz CT molecular complexity index is 3120. The largest absolute Gasteiger partial charge is 0.456 e. The molecule has 11 rings (SSSR count). The maximum absolute atomic E-state index is 6.22. The van der Waals surface area contributed by atoms with E-state index in [1.807, 2.05) is 12.1 Å². The minimum absolute atomic E-state index is 0.920. The Morgan fingerprint density at radius 2 is 1.09 bits per heavy atom. The van der Waals surface area contributed by atoms with Crippen molar-refractivity contribution in [1.29, 1.82) is 0 Å². The van der Waals surface area contributed by atoms with E-state index in [-0.39, 0.29) is 0 Å². The number of para-hydroxylation sites is 2. The number of rotatable bonds is 6. The van der Waals surface area contributed by atoms with E-state index in [4.69, 9.17) is 4.42 Å². The molecule has 10 aromatic rings. The third-order valence-corrected chi connectivity index (χ3v) is 11.5. The van der Waals surface area contributed by atoms with Gasteiger partial charge in [0.05, 0.1) is 0 Å². The third-order valence-electron chi connectivity index (χ3n) is 11.5. The lowest BCUT2D eigenvalue weighted by molar-refractivity contribution is 0.669. The molecular weight excluding hydrogens is 679 g/mol. The highest BCUT2D eigenvalue weighted by molar-refractivity contribution is 6.19. The SMILES string of the molecule is C1=Cc2c(c(-c3ccc(N(c4ccccc4)c4ccc(-c5ccc6c(ccc7oc8ccccc8c76)c5)c(-c5ccccc5)c4)cc3)cc3ccccc23)CC1. The highest BCUT2D eigenvalue weighted by atomic mass is 16.3. The minimum atomic E-state index is 0.920. The third kappa shape index (κ3) is 5.41. The van der Waals surface area contributed by atoms with Crippen LogP contribution in [0.5, 0.6) is 0 Å². The first-order valence-corrected chi connectivity index (χ1v) is 19.5. The van der Waals surface area contributed by atoms with Crippen molar-refractivity contribution in [1.82, 2.24) is 0 Å². The zero-order valence-electron chi connectivity index (χ0n) is 30.8. The molecule has 0 unspecified atom stereocenters. The molecule has 0 atom stereocenters. The molecule has 0 bridgehead atoms. The van der Waals surface area contributed by atoms with Gasteiger partial charge in [0.15, 0.2) is 0 Å². The van der Waals surface area contributed by atoms with Gasteiger partial charge in [-0.1, -0.05) is 140 Å². The molecule has 0 radical (unpaired) electrons. The van der Waals surface area contributed by atoms with Crippen LogP contribution < -0.4 is 4.90 Å². The van der Waals surface area contributed by atoms with Crippen molar-refractivity contribution in [2.45, 2.75) is 12.8 Å². The Kier molecular flexibility index (Phi) is 7.67. The number of hydrogen-bond donors (Lipinski definition) is 0. The summed E-state index contributed by atoms with van der Waals surface area (Å²) in [5, 5.41) is 7.33. The summed E-state index contributed by atoms with van der Waals surface area (Å²) < 4.78 is 6.22. The predicted octanol–water partition coefficient (Wildman–Crippen LogP) is 15.3. The van der Waals surface area contributed by atoms with E-state index in [0.717, 1.165) is 46.5 Å². The fourth-order valence-corrected chi connectivity index (χ4v) is 8.88. The zero-order valence-corrected chi connectivity index (χ0v) is 30.8. The fourth-order valence-electron chi connectivity index (χ4n) is 8.88. The van der Waals surface area contributed by atoms with Crippen LogP contribution in [-0.2, 0) is 6.42 Å². The van der Waals surface area contributed by atoms with Gasteiger partial charge in [0.1, 0.15) is 11.2 Å². The summed E-state index contributed by atoms with van der Waals surface area (Å²) >= 11 is 0. The maximum atomic E-state index is 6.22. The smallest absolute Gasteiger partial charge is 0.136 e. The highest BCUT2D eigenvalue weighted by Gasteiger charge is 2.19. The van der Waals surface area contributed by atoms with Crippen LogP contribution >= 0.6 is 0 Å². The van der Waals surface area contributed by atoms with Crippen molar-refractivity contribution in [3.8, 4) is 33.4 Å². The van der Waals surface area contributed by atoms with Gasteiger partial charge in [0.25, 0.3) is 0 Å². The van der Waals surface area contributed by atoms with E-state index in [1.54, 1.807) is 0 Å². The molecule has 0 aliphatic heterocycles. The lowest BCUT2D eigenvalue weighted by Gasteiger charge is -2.27. The number of furan rings is 1. The van der Waals surface area contributed by atoms with Crippen LogP contribution in [0.4, 0.5) is 17.1 Å². The molecule has 264 valence electrons. The summed E-state index contributed by atoms with van der Waals surface area (Å²) in [6.07, 6.45) is 6.76. The molecular formula is C54H37NO. The summed E-state index contributed by atoms with van der Waals surface area (Å²) in [5.41, 5.74) is 15.3. The van der Waals surface area contributed by atoms with Gasteiger partial charge in [-0.15, -0.1) is 0 Å². The van der Waals surface area contributed by atoms with Crippen LogP contribution in [0.15, 0.2) is 199 Å². The fraction of sp³-hybridized carbons (Fsp3) is 0.0370. The van der Waals surface area contributed by atoms with Crippen molar-refractivity contribution >= 4 is 66.6 Å². The topological polar surface area (TPSA) is 16.4 Å². The second-order valence-electron chi connectivity index (χ2n) is 14.8. The molecule has 56 heavy (non-hydrogen) atoms. The molecule has 0 N–H and O–H groups in total. The Morgan fingerprint density at radius 3 is 1.95 bits per heavy atom.